The molecule has 3 nitrogen and oxygen atoms in total. The fourth-order valence-corrected chi connectivity index (χ4v) is 2.12. The zero-order valence-corrected chi connectivity index (χ0v) is 10.9. The molecule has 1 N–H and O–H groups in total. The van der Waals surface area contributed by atoms with E-state index in [1.807, 2.05) is 45.0 Å². The molecule has 0 fully saturated rings. The Morgan fingerprint density at radius 1 is 1.22 bits per heavy atom. The number of amides is 1. The summed E-state index contributed by atoms with van der Waals surface area (Å²) < 4.78 is 0. The maximum absolute atomic E-state index is 12.3. The van der Waals surface area contributed by atoms with Crippen LogP contribution in [0.1, 0.15) is 43.1 Å². The van der Waals surface area contributed by atoms with Gasteiger partial charge in [-0.3, -0.25) is 9.59 Å². The van der Waals surface area contributed by atoms with E-state index in [9.17, 15) is 9.59 Å². The van der Waals surface area contributed by atoms with Crippen molar-refractivity contribution in [2.24, 2.45) is 5.92 Å². The molecule has 0 heterocycles. The molecule has 1 aromatic carbocycles. The van der Waals surface area contributed by atoms with E-state index >= 15 is 0 Å². The minimum absolute atomic E-state index is 0.0727. The van der Waals surface area contributed by atoms with E-state index in [0.717, 1.165) is 17.6 Å². The van der Waals surface area contributed by atoms with Crippen LogP contribution < -0.4 is 5.32 Å². The largest absolute Gasteiger partial charge is 0.322 e. The molecule has 18 heavy (non-hydrogen) atoms. The van der Waals surface area contributed by atoms with Crippen LogP contribution >= 0.6 is 0 Å². The van der Waals surface area contributed by atoms with Crippen molar-refractivity contribution in [3.8, 4) is 0 Å². The molecule has 1 aromatic rings. The monoisotopic (exact) mass is 243 g/mol. The fraction of sp³-hybridized carbons (Fsp3) is 0.333. The number of Topliss-reactive ketones (excluding diaryl/α,β-unsaturated/α-hetero) is 1. The topological polar surface area (TPSA) is 46.2 Å². The highest BCUT2D eigenvalue weighted by Gasteiger charge is 2.29. The summed E-state index contributed by atoms with van der Waals surface area (Å²) in [5, 5.41) is 2.77. The van der Waals surface area contributed by atoms with Crippen LogP contribution in [0.5, 0.6) is 0 Å². The molecule has 1 amide bonds. The molecule has 94 valence electrons. The van der Waals surface area contributed by atoms with Crippen molar-refractivity contribution < 1.29 is 9.59 Å². The Morgan fingerprint density at radius 2 is 1.83 bits per heavy atom. The number of allylic oxidation sites excluding steroid dienone is 2. The molecule has 0 saturated heterocycles. The molecule has 0 spiro atoms. The highest BCUT2D eigenvalue weighted by Crippen LogP contribution is 2.33. The lowest BCUT2D eigenvalue weighted by molar-refractivity contribution is -0.123. The van der Waals surface area contributed by atoms with Crippen molar-refractivity contribution in [1.82, 2.24) is 5.32 Å². The third-order valence-electron chi connectivity index (χ3n) is 3.15. The van der Waals surface area contributed by atoms with Gasteiger partial charge in [-0.15, -0.1) is 0 Å². The number of nitrogens with one attached hydrogen (secondary N) is 1. The van der Waals surface area contributed by atoms with E-state index in [-0.39, 0.29) is 17.6 Å². The summed E-state index contributed by atoms with van der Waals surface area (Å²) in [5.41, 5.74) is 3.03. The Kier molecular flexibility index (Phi) is 3.32. The predicted molar refractivity (Wildman–Crippen MR) is 71.0 cm³/mol. The Morgan fingerprint density at radius 3 is 2.39 bits per heavy atom. The van der Waals surface area contributed by atoms with E-state index in [4.69, 9.17) is 0 Å². The van der Waals surface area contributed by atoms with Gasteiger partial charge < -0.3 is 5.32 Å². The first kappa shape index (κ1) is 12.6. The lowest BCUT2D eigenvalue weighted by Gasteiger charge is -2.09. The van der Waals surface area contributed by atoms with Crippen LogP contribution in [0.4, 0.5) is 0 Å². The van der Waals surface area contributed by atoms with E-state index in [1.165, 1.54) is 0 Å². The number of benzene rings is 1. The van der Waals surface area contributed by atoms with E-state index in [2.05, 4.69) is 5.32 Å². The number of rotatable bonds is 3. The molecule has 0 aromatic heterocycles. The summed E-state index contributed by atoms with van der Waals surface area (Å²) in [7, 11) is 0. The normalized spacial score (nSPS) is 14.1. The molecule has 0 bridgehead atoms. The van der Waals surface area contributed by atoms with E-state index in [0.29, 0.717) is 11.3 Å². The molecule has 1 aliphatic carbocycles. The Balaban J connectivity index is 2.41. The van der Waals surface area contributed by atoms with Crippen LogP contribution in [0, 0.1) is 5.92 Å². The van der Waals surface area contributed by atoms with Gasteiger partial charge in [0.25, 0.3) is 0 Å². The molecule has 1 aliphatic rings. The van der Waals surface area contributed by atoms with Gasteiger partial charge in [0, 0.05) is 11.5 Å². The van der Waals surface area contributed by atoms with Gasteiger partial charge in [0.05, 0.1) is 5.70 Å². The number of carbonyl (C=O) groups is 2. The van der Waals surface area contributed by atoms with Crippen molar-refractivity contribution in [1.29, 1.82) is 0 Å². The summed E-state index contributed by atoms with van der Waals surface area (Å²) in [4.78, 5) is 24.0. The summed E-state index contributed by atoms with van der Waals surface area (Å²) in [5.74, 6) is -0.319. The summed E-state index contributed by atoms with van der Waals surface area (Å²) >= 11 is 0. The average molecular weight is 243 g/mol. The number of hydrogen-bond acceptors (Lipinski definition) is 2. The summed E-state index contributed by atoms with van der Waals surface area (Å²) in [6.07, 6.45) is 0.733. The van der Waals surface area contributed by atoms with E-state index < -0.39 is 0 Å². The number of fused-ring (bicyclic) bond motifs is 1. The first-order chi connectivity index (χ1) is 8.56. The maximum Gasteiger partial charge on any atom is 0.227 e. The Hall–Kier alpha value is -1.90. The zero-order valence-electron chi connectivity index (χ0n) is 10.9. The second-order valence-electron chi connectivity index (χ2n) is 4.73. The van der Waals surface area contributed by atoms with Crippen LogP contribution in [-0.4, -0.2) is 11.7 Å². The van der Waals surface area contributed by atoms with Gasteiger partial charge >= 0.3 is 0 Å². The average Bonchev–Trinajstić information content (AvgIpc) is 2.63. The molecular formula is C15H17NO2. The smallest absolute Gasteiger partial charge is 0.227 e. The van der Waals surface area contributed by atoms with Crippen molar-refractivity contribution >= 4 is 17.3 Å². The standard InChI is InChI=1S/C15H17NO2/c1-4-10-11-7-5-6-8-12(11)14(17)13(10)16-15(18)9(2)3/h5-9H,4H2,1-3H3,(H,16,17,18). The first-order valence-corrected chi connectivity index (χ1v) is 6.24. The maximum atomic E-state index is 12.3. The van der Waals surface area contributed by atoms with E-state index in [1.54, 1.807) is 0 Å². The van der Waals surface area contributed by atoms with Gasteiger partial charge in [-0.1, -0.05) is 45.0 Å². The molecule has 0 saturated carbocycles. The van der Waals surface area contributed by atoms with Crippen molar-refractivity contribution in [2.45, 2.75) is 27.2 Å². The third-order valence-corrected chi connectivity index (χ3v) is 3.15. The molecule has 0 aliphatic heterocycles. The molecule has 0 atom stereocenters. The second kappa shape index (κ2) is 4.77. The predicted octanol–water partition coefficient (Wildman–Crippen LogP) is 2.78. The van der Waals surface area contributed by atoms with Gasteiger partial charge in [-0.2, -0.15) is 0 Å². The zero-order chi connectivity index (χ0) is 13.3. The Bertz CT molecular complexity index is 541. The minimum Gasteiger partial charge on any atom is -0.322 e. The van der Waals surface area contributed by atoms with Crippen molar-refractivity contribution in [3.05, 3.63) is 41.1 Å². The number of ketones is 1. The van der Waals surface area contributed by atoms with Crippen LogP contribution in [0.2, 0.25) is 0 Å². The quantitative estimate of drug-likeness (QED) is 0.887. The molecule has 0 radical (unpaired) electrons. The Labute approximate surface area is 107 Å². The number of carbonyl (C=O) groups excluding carboxylic acids is 2. The fourth-order valence-electron chi connectivity index (χ4n) is 2.12. The van der Waals surface area contributed by atoms with Crippen LogP contribution in [0.25, 0.3) is 5.57 Å². The molecular weight excluding hydrogens is 226 g/mol. The number of hydrogen-bond donors (Lipinski definition) is 1. The van der Waals surface area contributed by atoms with Crippen LogP contribution in [-0.2, 0) is 4.79 Å². The third kappa shape index (κ3) is 1.96. The van der Waals surface area contributed by atoms with Gasteiger partial charge in [-0.25, -0.2) is 0 Å². The van der Waals surface area contributed by atoms with Crippen LogP contribution in [0.15, 0.2) is 30.0 Å². The summed E-state index contributed by atoms with van der Waals surface area (Å²) in [6, 6.07) is 7.49. The SMILES string of the molecule is CCC1=C(NC(=O)C(C)C)C(=O)c2ccccc21. The molecule has 3 heteroatoms. The first-order valence-electron chi connectivity index (χ1n) is 6.24. The highest BCUT2D eigenvalue weighted by molar-refractivity contribution is 6.21. The van der Waals surface area contributed by atoms with Gasteiger partial charge in [0.15, 0.2) is 0 Å². The van der Waals surface area contributed by atoms with Gasteiger partial charge in [0.2, 0.25) is 11.7 Å². The van der Waals surface area contributed by atoms with Crippen molar-refractivity contribution in [3.63, 3.8) is 0 Å². The minimum atomic E-state index is -0.132. The van der Waals surface area contributed by atoms with Crippen LogP contribution in [0.3, 0.4) is 0 Å². The molecule has 2 rings (SSSR count). The second-order valence-corrected chi connectivity index (χ2v) is 4.73. The molecule has 0 unspecified atom stereocenters. The highest BCUT2D eigenvalue weighted by atomic mass is 16.2. The lowest BCUT2D eigenvalue weighted by Crippen LogP contribution is -2.30. The van der Waals surface area contributed by atoms with Crippen molar-refractivity contribution in [2.75, 3.05) is 0 Å². The van der Waals surface area contributed by atoms with Gasteiger partial charge in [-0.05, 0) is 17.6 Å². The lowest BCUT2D eigenvalue weighted by atomic mass is 10.0. The summed E-state index contributed by atoms with van der Waals surface area (Å²) in [6.45, 7) is 5.62. The van der Waals surface area contributed by atoms with Gasteiger partial charge in [0.1, 0.15) is 0 Å².